The Labute approximate surface area is 126 Å². The van der Waals surface area contributed by atoms with Gasteiger partial charge in [0, 0.05) is 19.1 Å². The van der Waals surface area contributed by atoms with Gasteiger partial charge in [-0.15, -0.1) is 24.0 Å². The zero-order valence-electron chi connectivity index (χ0n) is 11.0. The molecule has 0 aliphatic heterocycles. The Balaban J connectivity index is 0.00000289. The summed E-state index contributed by atoms with van der Waals surface area (Å²) in [4.78, 5) is 6.30. The lowest BCUT2D eigenvalue weighted by Gasteiger charge is -2.24. The maximum absolute atomic E-state index is 5.29. The molecule has 1 rings (SSSR count). The van der Waals surface area contributed by atoms with Gasteiger partial charge in [0.05, 0.1) is 0 Å². The lowest BCUT2D eigenvalue weighted by atomic mass is 10.1. The summed E-state index contributed by atoms with van der Waals surface area (Å²) in [6, 6.07) is 10.9. The number of benzene rings is 1. The first kappa shape index (κ1) is 17.2. The van der Waals surface area contributed by atoms with Crippen molar-refractivity contribution >= 4 is 29.9 Å². The molecule has 0 amide bonds. The number of aliphatic imine (C=N–C) groups is 1. The lowest BCUT2D eigenvalue weighted by Crippen LogP contribution is -2.30. The van der Waals surface area contributed by atoms with E-state index < -0.39 is 0 Å². The molecule has 0 fully saturated rings. The second kappa shape index (κ2) is 9.16. The molecule has 1 aromatic rings. The van der Waals surface area contributed by atoms with Crippen LogP contribution in [0.2, 0.25) is 0 Å². The minimum absolute atomic E-state index is 0. The van der Waals surface area contributed by atoms with E-state index in [1.54, 1.807) is 0 Å². The van der Waals surface area contributed by atoms with Crippen molar-refractivity contribution in [1.29, 1.82) is 0 Å². The van der Waals surface area contributed by atoms with Gasteiger partial charge in [-0.25, -0.2) is 0 Å². The Hall–Kier alpha value is -0.820. The van der Waals surface area contributed by atoms with Crippen molar-refractivity contribution in [3.63, 3.8) is 0 Å². The van der Waals surface area contributed by atoms with Crippen LogP contribution in [0.3, 0.4) is 0 Å². The van der Waals surface area contributed by atoms with Crippen molar-refractivity contribution in [2.24, 2.45) is 16.5 Å². The van der Waals surface area contributed by atoms with Crippen LogP contribution in [-0.2, 0) is 6.54 Å². The van der Waals surface area contributed by atoms with Crippen LogP contribution in [0.1, 0.15) is 18.9 Å². The molecule has 1 aromatic carbocycles. The van der Waals surface area contributed by atoms with Crippen molar-refractivity contribution in [3.8, 4) is 0 Å². The topological polar surface area (TPSA) is 67.6 Å². The van der Waals surface area contributed by atoms with Crippen LogP contribution in [0.25, 0.3) is 0 Å². The number of hydrogen-bond donors (Lipinski definition) is 2. The first-order valence-electron chi connectivity index (χ1n) is 5.89. The number of hydrogen-bond acceptors (Lipinski definition) is 2. The smallest absolute Gasteiger partial charge is 0.185 e. The third-order valence-corrected chi connectivity index (χ3v) is 2.87. The van der Waals surface area contributed by atoms with Crippen LogP contribution >= 0.6 is 24.0 Å². The fourth-order valence-electron chi connectivity index (χ4n) is 1.63. The Morgan fingerprint density at radius 2 is 1.89 bits per heavy atom. The van der Waals surface area contributed by atoms with E-state index in [2.05, 4.69) is 48.1 Å². The zero-order valence-corrected chi connectivity index (χ0v) is 13.4. The highest BCUT2D eigenvalue weighted by Crippen LogP contribution is 2.08. The molecule has 0 saturated carbocycles. The highest BCUT2D eigenvalue weighted by Gasteiger charge is 2.08. The van der Waals surface area contributed by atoms with Gasteiger partial charge < -0.3 is 11.5 Å². The Morgan fingerprint density at radius 3 is 2.44 bits per heavy atom. The molecule has 18 heavy (non-hydrogen) atoms. The van der Waals surface area contributed by atoms with Crippen molar-refractivity contribution in [2.75, 3.05) is 13.6 Å². The second-order valence-electron chi connectivity index (χ2n) is 4.34. The Kier molecular flexibility index (Phi) is 8.74. The third-order valence-electron chi connectivity index (χ3n) is 2.87. The number of guanidine groups is 1. The second-order valence-corrected chi connectivity index (χ2v) is 4.34. The molecule has 4 nitrogen and oxygen atoms in total. The summed E-state index contributed by atoms with van der Waals surface area (Å²) in [7, 11) is 2.12. The highest BCUT2D eigenvalue weighted by molar-refractivity contribution is 14.0. The first-order chi connectivity index (χ1) is 8.09. The number of nitrogens with two attached hydrogens (primary N) is 2. The maximum Gasteiger partial charge on any atom is 0.185 e. The lowest BCUT2D eigenvalue weighted by molar-refractivity contribution is 0.240. The molecule has 5 heteroatoms. The van der Waals surface area contributed by atoms with Gasteiger partial charge in [-0.2, -0.15) is 0 Å². The quantitative estimate of drug-likeness (QED) is 0.461. The first-order valence-corrected chi connectivity index (χ1v) is 5.89. The maximum atomic E-state index is 5.29. The van der Waals surface area contributed by atoms with Gasteiger partial charge in [0.1, 0.15) is 0 Å². The number of halogens is 1. The summed E-state index contributed by atoms with van der Waals surface area (Å²) in [6.45, 7) is 3.82. The molecule has 1 unspecified atom stereocenters. The van der Waals surface area contributed by atoms with Crippen LogP contribution in [0.15, 0.2) is 35.3 Å². The van der Waals surface area contributed by atoms with Gasteiger partial charge in [-0.3, -0.25) is 9.89 Å². The average molecular weight is 362 g/mol. The molecule has 102 valence electrons. The normalized spacial score (nSPS) is 11.7. The number of rotatable bonds is 6. The molecule has 0 spiro atoms. The summed E-state index contributed by atoms with van der Waals surface area (Å²) in [5.74, 6) is 0.169. The summed E-state index contributed by atoms with van der Waals surface area (Å²) < 4.78 is 0. The van der Waals surface area contributed by atoms with E-state index in [1.165, 1.54) is 5.56 Å². The van der Waals surface area contributed by atoms with E-state index >= 15 is 0 Å². The number of nitrogens with zero attached hydrogens (tertiary/aromatic N) is 2. The van der Waals surface area contributed by atoms with Gasteiger partial charge in [0.2, 0.25) is 0 Å². The predicted octanol–water partition coefficient (Wildman–Crippen LogP) is 1.79. The van der Waals surface area contributed by atoms with Gasteiger partial charge in [0.15, 0.2) is 5.96 Å². The van der Waals surface area contributed by atoms with Crippen LogP contribution in [0, 0.1) is 0 Å². The van der Waals surface area contributed by atoms with E-state index in [4.69, 9.17) is 11.5 Å². The SMILES string of the molecule is CC(CCN=C(N)N)N(C)Cc1ccccc1.I. The van der Waals surface area contributed by atoms with Crippen LogP contribution in [-0.4, -0.2) is 30.5 Å². The van der Waals surface area contributed by atoms with Crippen molar-refractivity contribution in [2.45, 2.75) is 25.9 Å². The summed E-state index contributed by atoms with van der Waals surface area (Å²) in [5, 5.41) is 0. The van der Waals surface area contributed by atoms with Crippen molar-refractivity contribution in [1.82, 2.24) is 4.90 Å². The largest absolute Gasteiger partial charge is 0.370 e. The molecule has 0 bridgehead atoms. The molecule has 0 saturated heterocycles. The fourth-order valence-corrected chi connectivity index (χ4v) is 1.63. The molecular formula is C13H23IN4. The molecule has 0 aromatic heterocycles. The van der Waals surface area contributed by atoms with Crippen LogP contribution in [0.4, 0.5) is 0 Å². The van der Waals surface area contributed by atoms with E-state index in [0.29, 0.717) is 12.6 Å². The predicted molar refractivity (Wildman–Crippen MR) is 88.1 cm³/mol. The Bertz CT molecular complexity index is 349. The highest BCUT2D eigenvalue weighted by atomic mass is 127. The molecule has 4 N–H and O–H groups in total. The van der Waals surface area contributed by atoms with E-state index in [9.17, 15) is 0 Å². The van der Waals surface area contributed by atoms with Gasteiger partial charge in [-0.05, 0) is 26.0 Å². The third kappa shape index (κ3) is 6.80. The summed E-state index contributed by atoms with van der Waals surface area (Å²) >= 11 is 0. The standard InChI is InChI=1S/C13H22N4.HI/c1-11(8-9-16-13(14)15)17(2)10-12-6-4-3-5-7-12;/h3-7,11H,8-10H2,1-2H3,(H4,14,15,16);1H. The Morgan fingerprint density at radius 1 is 1.28 bits per heavy atom. The molecular weight excluding hydrogens is 339 g/mol. The van der Waals surface area contributed by atoms with Crippen LogP contribution < -0.4 is 11.5 Å². The molecule has 0 radical (unpaired) electrons. The minimum atomic E-state index is 0. The van der Waals surface area contributed by atoms with Crippen molar-refractivity contribution < 1.29 is 0 Å². The van der Waals surface area contributed by atoms with Gasteiger partial charge in [0.25, 0.3) is 0 Å². The van der Waals surface area contributed by atoms with Gasteiger partial charge in [-0.1, -0.05) is 30.3 Å². The summed E-state index contributed by atoms with van der Waals surface area (Å²) in [5.41, 5.74) is 11.9. The summed E-state index contributed by atoms with van der Waals surface area (Å²) in [6.07, 6.45) is 0.960. The van der Waals surface area contributed by atoms with Crippen LogP contribution in [0.5, 0.6) is 0 Å². The zero-order chi connectivity index (χ0) is 12.7. The van der Waals surface area contributed by atoms with E-state index in [0.717, 1.165) is 13.0 Å². The fraction of sp³-hybridized carbons (Fsp3) is 0.462. The van der Waals surface area contributed by atoms with Gasteiger partial charge >= 0.3 is 0 Å². The molecule has 0 heterocycles. The average Bonchev–Trinajstić information content (AvgIpc) is 2.29. The molecule has 0 aliphatic carbocycles. The van der Waals surface area contributed by atoms with Crippen molar-refractivity contribution in [3.05, 3.63) is 35.9 Å². The molecule has 0 aliphatic rings. The monoisotopic (exact) mass is 362 g/mol. The van der Waals surface area contributed by atoms with E-state index in [-0.39, 0.29) is 29.9 Å². The van der Waals surface area contributed by atoms with E-state index in [1.807, 2.05) is 6.07 Å². The molecule has 1 atom stereocenters. The minimum Gasteiger partial charge on any atom is -0.370 e.